The van der Waals surface area contributed by atoms with Crippen LogP contribution >= 0.6 is 0 Å². The molecule has 1 amide bonds. The molecule has 0 radical (unpaired) electrons. The Kier molecular flexibility index (Phi) is 11.7. The summed E-state index contributed by atoms with van der Waals surface area (Å²) in [5, 5.41) is 28.0. The van der Waals surface area contributed by atoms with E-state index < -0.39 is 6.04 Å². The van der Waals surface area contributed by atoms with Gasteiger partial charge in [-0.05, 0) is 43.9 Å². The van der Waals surface area contributed by atoms with Crippen LogP contribution in [0, 0.1) is 0 Å². The predicted molar refractivity (Wildman–Crippen MR) is 128 cm³/mol. The zero-order valence-electron chi connectivity index (χ0n) is 18.7. The van der Waals surface area contributed by atoms with Crippen LogP contribution in [0.5, 0.6) is 5.75 Å². The van der Waals surface area contributed by atoms with Gasteiger partial charge in [0.1, 0.15) is 5.75 Å². The van der Waals surface area contributed by atoms with Gasteiger partial charge in [0, 0.05) is 24.0 Å². The number of amides is 1. The molecule has 1 unspecified atom stereocenters. The maximum absolute atomic E-state index is 12.2. The highest BCUT2D eigenvalue weighted by atomic mass is 16.3. The molecule has 0 heterocycles. The Morgan fingerprint density at radius 2 is 1.84 bits per heavy atom. The van der Waals surface area contributed by atoms with Crippen molar-refractivity contribution in [2.45, 2.75) is 44.3 Å². The number of aliphatic hydroxyl groups is 1. The second-order valence-corrected chi connectivity index (χ2v) is 7.70. The number of phenols is 1. The number of guanidine groups is 1. The fourth-order valence-corrected chi connectivity index (χ4v) is 2.86. The molecule has 178 valence electrons. The average molecular weight is 448 g/mol. The van der Waals surface area contributed by atoms with Gasteiger partial charge in [0.05, 0.1) is 25.2 Å². The largest absolute Gasteiger partial charge is 0.508 e. The van der Waals surface area contributed by atoms with E-state index in [-0.39, 0.29) is 42.9 Å². The Morgan fingerprint density at radius 1 is 1.19 bits per heavy atom. The lowest BCUT2D eigenvalue weighted by Gasteiger charge is -2.27. The normalized spacial score (nSPS) is 13.3. The highest BCUT2D eigenvalue weighted by Crippen LogP contribution is 2.14. The Labute approximate surface area is 189 Å². The summed E-state index contributed by atoms with van der Waals surface area (Å²) in [5.74, 6) is -0.0961. The molecule has 0 saturated carbocycles. The number of aliphatic hydroxyl groups excluding tert-OH is 1. The van der Waals surface area contributed by atoms with Crippen LogP contribution in [0.3, 0.4) is 0 Å². The van der Waals surface area contributed by atoms with E-state index in [1.807, 2.05) is 19.1 Å². The summed E-state index contributed by atoms with van der Waals surface area (Å²) >= 11 is 0. The van der Waals surface area contributed by atoms with Gasteiger partial charge < -0.3 is 43.4 Å². The van der Waals surface area contributed by atoms with Crippen LogP contribution in [-0.2, 0) is 11.2 Å². The number of nitrogens with two attached hydrogens (primary N) is 3. The molecule has 0 saturated heterocycles. The lowest BCUT2D eigenvalue weighted by atomic mass is 10.0. The first kappa shape index (κ1) is 26.8. The Bertz CT molecular complexity index is 776. The fraction of sp³-hybridized carbons (Fsp3) is 0.455. The first-order valence-corrected chi connectivity index (χ1v) is 10.5. The number of rotatable bonds is 15. The number of nitrogens with one attached hydrogen (secondary N) is 3. The zero-order chi connectivity index (χ0) is 24.1. The number of aromatic hydroxyl groups is 1. The van der Waals surface area contributed by atoms with E-state index in [0.717, 1.165) is 5.56 Å². The minimum atomic E-state index is -0.674. The molecule has 3 atom stereocenters. The summed E-state index contributed by atoms with van der Waals surface area (Å²) in [6, 6.07) is 5.76. The lowest BCUT2D eigenvalue weighted by Crippen LogP contribution is -2.45. The third-order valence-electron chi connectivity index (χ3n) is 4.66. The van der Waals surface area contributed by atoms with E-state index in [9.17, 15) is 15.0 Å². The first-order valence-electron chi connectivity index (χ1n) is 10.5. The Morgan fingerprint density at radius 3 is 2.44 bits per heavy atom. The van der Waals surface area contributed by atoms with Gasteiger partial charge in [-0.1, -0.05) is 25.3 Å². The van der Waals surface area contributed by atoms with Gasteiger partial charge in [-0.15, -0.1) is 0 Å². The maximum Gasteiger partial charge on any atom is 0.237 e. The minimum absolute atomic E-state index is 0.0108. The number of carbonyl (C=O) groups excluding carboxylic acids is 1. The minimum Gasteiger partial charge on any atom is -0.508 e. The van der Waals surface area contributed by atoms with E-state index in [2.05, 4.69) is 34.1 Å². The number of hydrogen-bond donors (Lipinski definition) is 8. The molecule has 0 aliphatic carbocycles. The first-order chi connectivity index (χ1) is 15.1. The summed E-state index contributed by atoms with van der Waals surface area (Å²) in [6.07, 6.45) is 1.60. The predicted octanol–water partition coefficient (Wildman–Crippen LogP) is -0.612. The summed E-state index contributed by atoms with van der Waals surface area (Å²) in [7, 11) is 0. The highest BCUT2D eigenvalue weighted by molar-refractivity contribution is 5.81. The molecule has 0 spiro atoms. The van der Waals surface area contributed by atoms with Crippen LogP contribution in [0.15, 0.2) is 53.8 Å². The smallest absolute Gasteiger partial charge is 0.237 e. The van der Waals surface area contributed by atoms with Gasteiger partial charge in [-0.3, -0.25) is 9.79 Å². The van der Waals surface area contributed by atoms with Gasteiger partial charge in [-0.25, -0.2) is 0 Å². The third kappa shape index (κ3) is 10.7. The summed E-state index contributed by atoms with van der Waals surface area (Å²) in [4.78, 5) is 16.1. The van der Waals surface area contributed by atoms with Crippen LogP contribution in [0.1, 0.15) is 25.3 Å². The quantitative estimate of drug-likeness (QED) is 0.0994. The molecule has 1 aromatic rings. The summed E-state index contributed by atoms with van der Waals surface area (Å²) < 4.78 is 0. The average Bonchev–Trinajstić information content (AvgIpc) is 2.75. The van der Waals surface area contributed by atoms with Crippen LogP contribution in [-0.4, -0.2) is 59.9 Å². The van der Waals surface area contributed by atoms with Crippen molar-refractivity contribution in [3.05, 3.63) is 54.4 Å². The van der Waals surface area contributed by atoms with Crippen LogP contribution in [0.25, 0.3) is 0 Å². The SMILES string of the molecule is C=C(CNC(=O)[C@@H](N)CCCN=C(N)N)N[C@@H](Cc1ccc(O)cc1)C(=C)NC(C)CO. The highest BCUT2D eigenvalue weighted by Gasteiger charge is 2.17. The fourth-order valence-electron chi connectivity index (χ4n) is 2.86. The van der Waals surface area contributed by atoms with Gasteiger partial charge >= 0.3 is 0 Å². The van der Waals surface area contributed by atoms with Gasteiger partial charge in [0.2, 0.25) is 5.91 Å². The molecule has 1 aromatic carbocycles. The lowest BCUT2D eigenvalue weighted by molar-refractivity contribution is -0.122. The zero-order valence-corrected chi connectivity index (χ0v) is 18.7. The molecule has 32 heavy (non-hydrogen) atoms. The Hall–Kier alpha value is -3.24. The van der Waals surface area contributed by atoms with E-state index in [4.69, 9.17) is 17.2 Å². The van der Waals surface area contributed by atoms with Crippen molar-refractivity contribution >= 4 is 11.9 Å². The van der Waals surface area contributed by atoms with Crippen molar-refractivity contribution in [1.82, 2.24) is 16.0 Å². The molecule has 0 aromatic heterocycles. The Balaban J connectivity index is 2.62. The molecule has 0 bridgehead atoms. The van der Waals surface area contributed by atoms with Crippen molar-refractivity contribution in [3.63, 3.8) is 0 Å². The molecular formula is C22H37N7O3. The monoisotopic (exact) mass is 447 g/mol. The number of hydrogen-bond acceptors (Lipinski definition) is 7. The number of phenolic OH excluding ortho intramolecular Hbond substituents is 1. The van der Waals surface area contributed by atoms with Crippen molar-refractivity contribution in [1.29, 1.82) is 0 Å². The number of benzene rings is 1. The van der Waals surface area contributed by atoms with Crippen molar-refractivity contribution in [2.75, 3.05) is 19.7 Å². The summed E-state index contributed by atoms with van der Waals surface area (Å²) in [6.45, 7) is 10.5. The van der Waals surface area contributed by atoms with Gasteiger partial charge in [0.15, 0.2) is 5.96 Å². The van der Waals surface area contributed by atoms with Crippen LogP contribution in [0.4, 0.5) is 0 Å². The van der Waals surface area contributed by atoms with E-state index >= 15 is 0 Å². The third-order valence-corrected chi connectivity index (χ3v) is 4.66. The van der Waals surface area contributed by atoms with E-state index in [1.165, 1.54) is 0 Å². The van der Waals surface area contributed by atoms with E-state index in [1.54, 1.807) is 12.1 Å². The van der Waals surface area contributed by atoms with Gasteiger partial charge in [0.25, 0.3) is 0 Å². The molecule has 10 nitrogen and oxygen atoms in total. The van der Waals surface area contributed by atoms with Crippen LogP contribution in [0.2, 0.25) is 0 Å². The second-order valence-electron chi connectivity index (χ2n) is 7.70. The molecule has 10 heteroatoms. The molecular weight excluding hydrogens is 410 g/mol. The number of aliphatic imine (C=N–C) groups is 1. The van der Waals surface area contributed by atoms with Crippen LogP contribution < -0.4 is 33.2 Å². The molecule has 0 fully saturated rings. The number of carbonyl (C=O) groups is 1. The van der Waals surface area contributed by atoms with E-state index in [0.29, 0.717) is 37.2 Å². The standard InChI is InChI=1S/C22H37N7O3/c1-14(12-27-21(32)19(23)5-4-10-26-22(24)25)29-20(16(3)28-15(2)13-30)11-17-6-8-18(31)9-7-17/h6-9,15,19-20,28-31H,1,3-5,10-13,23H2,2H3,(H,27,32)(H4,24,25,26)/t15?,19-,20-/m0/s1. The molecule has 1 rings (SSSR count). The van der Waals surface area contributed by atoms with Gasteiger partial charge in [-0.2, -0.15) is 0 Å². The molecule has 11 N–H and O–H groups in total. The second kappa shape index (κ2) is 13.9. The maximum atomic E-state index is 12.2. The van der Waals surface area contributed by atoms with Crippen molar-refractivity contribution < 1.29 is 15.0 Å². The summed E-state index contributed by atoms with van der Waals surface area (Å²) in [5.41, 5.74) is 18.7. The topological polar surface area (TPSA) is 184 Å². The molecule has 0 aliphatic heterocycles. The van der Waals surface area contributed by atoms with Crippen molar-refractivity contribution in [3.8, 4) is 5.75 Å². The molecule has 0 aliphatic rings. The van der Waals surface area contributed by atoms with Crippen molar-refractivity contribution in [2.24, 2.45) is 22.2 Å². The number of nitrogens with zero attached hydrogens (tertiary/aromatic N) is 1.